The van der Waals surface area contributed by atoms with Gasteiger partial charge in [0.15, 0.2) is 0 Å². The highest BCUT2D eigenvalue weighted by Gasteiger charge is 2.16. The first-order valence-corrected chi connectivity index (χ1v) is 7.15. The van der Waals surface area contributed by atoms with Crippen molar-refractivity contribution in [2.24, 2.45) is 0 Å². The molecule has 1 atom stereocenters. The van der Waals surface area contributed by atoms with Crippen LogP contribution in [0.25, 0.3) is 0 Å². The number of nitro groups is 1. The molecule has 0 fully saturated rings. The van der Waals surface area contributed by atoms with Crippen LogP contribution in [0.1, 0.15) is 24.1 Å². The topological polar surface area (TPSA) is 55.2 Å². The smallest absolute Gasteiger partial charge is 0.274 e. The number of hydrogen-bond acceptors (Lipinski definition) is 3. The third kappa shape index (κ3) is 3.39. The Morgan fingerprint density at radius 3 is 2.67 bits per heavy atom. The van der Waals surface area contributed by atoms with E-state index < -0.39 is 4.92 Å². The van der Waals surface area contributed by atoms with Crippen molar-refractivity contribution in [1.29, 1.82) is 0 Å². The fraction of sp³-hybridized carbons (Fsp3) is 0.200. The molecule has 2 rings (SSSR count). The van der Waals surface area contributed by atoms with E-state index in [9.17, 15) is 14.5 Å². The molecule has 0 aliphatic rings. The van der Waals surface area contributed by atoms with E-state index in [0.717, 1.165) is 0 Å². The summed E-state index contributed by atoms with van der Waals surface area (Å²) in [6.45, 7) is 3.48. The van der Waals surface area contributed by atoms with Crippen LogP contribution >= 0.6 is 15.9 Å². The number of rotatable bonds is 4. The summed E-state index contributed by atoms with van der Waals surface area (Å²) in [6, 6.07) is 9.34. The molecule has 2 aromatic carbocycles. The zero-order valence-electron chi connectivity index (χ0n) is 11.6. The van der Waals surface area contributed by atoms with E-state index in [0.29, 0.717) is 21.3 Å². The Balaban J connectivity index is 2.29. The maximum Gasteiger partial charge on any atom is 0.274 e. The van der Waals surface area contributed by atoms with Crippen LogP contribution in [0.2, 0.25) is 0 Å². The Hall–Kier alpha value is -1.95. The lowest BCUT2D eigenvalue weighted by atomic mass is 10.1. The predicted molar refractivity (Wildman–Crippen MR) is 84.0 cm³/mol. The SMILES string of the molecule is Cc1c(NC(C)c2ccc(Br)cc2F)cccc1[N+](=O)[O-]. The van der Waals surface area contributed by atoms with E-state index in [1.807, 2.05) is 6.92 Å². The largest absolute Gasteiger partial charge is 0.378 e. The van der Waals surface area contributed by atoms with E-state index >= 15 is 0 Å². The molecule has 6 heteroatoms. The van der Waals surface area contributed by atoms with Crippen molar-refractivity contribution >= 4 is 27.3 Å². The molecule has 0 aliphatic heterocycles. The van der Waals surface area contributed by atoms with E-state index in [4.69, 9.17) is 0 Å². The Morgan fingerprint density at radius 2 is 2.05 bits per heavy atom. The number of anilines is 1. The monoisotopic (exact) mass is 352 g/mol. The Kier molecular flexibility index (Phi) is 4.57. The molecular formula is C15H14BrFN2O2. The van der Waals surface area contributed by atoms with Gasteiger partial charge in [-0.1, -0.05) is 28.1 Å². The molecule has 0 saturated heterocycles. The fourth-order valence-corrected chi connectivity index (χ4v) is 2.47. The molecule has 0 heterocycles. The first kappa shape index (κ1) is 15.4. The predicted octanol–water partition coefficient (Wildman–Crippen LogP) is 4.98. The quantitative estimate of drug-likeness (QED) is 0.623. The second-order valence-corrected chi connectivity index (χ2v) is 5.65. The van der Waals surface area contributed by atoms with Gasteiger partial charge in [-0.15, -0.1) is 0 Å². The van der Waals surface area contributed by atoms with Gasteiger partial charge in [-0.25, -0.2) is 4.39 Å². The standard InChI is InChI=1S/C15H14BrFN2O2/c1-9-14(4-3-5-15(9)19(20)21)18-10(2)12-7-6-11(16)8-13(12)17/h3-8,10,18H,1-2H3. The maximum absolute atomic E-state index is 13.9. The van der Waals surface area contributed by atoms with Crippen LogP contribution in [0.3, 0.4) is 0 Å². The first-order chi connectivity index (χ1) is 9.90. The lowest BCUT2D eigenvalue weighted by Crippen LogP contribution is -2.10. The number of benzene rings is 2. The summed E-state index contributed by atoms with van der Waals surface area (Å²) in [5.74, 6) is -0.326. The molecule has 0 radical (unpaired) electrons. The molecule has 2 aromatic rings. The molecular weight excluding hydrogens is 339 g/mol. The lowest BCUT2D eigenvalue weighted by molar-refractivity contribution is -0.385. The van der Waals surface area contributed by atoms with Gasteiger partial charge in [0.25, 0.3) is 5.69 Å². The van der Waals surface area contributed by atoms with Crippen molar-refractivity contribution in [1.82, 2.24) is 0 Å². The molecule has 0 amide bonds. The average Bonchev–Trinajstić information content (AvgIpc) is 2.40. The second kappa shape index (κ2) is 6.22. The van der Waals surface area contributed by atoms with Gasteiger partial charge in [-0.05, 0) is 32.0 Å². The van der Waals surface area contributed by atoms with Gasteiger partial charge < -0.3 is 5.32 Å². The highest BCUT2D eigenvalue weighted by molar-refractivity contribution is 9.10. The summed E-state index contributed by atoms with van der Waals surface area (Å²) < 4.78 is 14.6. The zero-order valence-corrected chi connectivity index (χ0v) is 13.1. The van der Waals surface area contributed by atoms with Crippen molar-refractivity contribution in [3.63, 3.8) is 0 Å². The van der Waals surface area contributed by atoms with Gasteiger partial charge >= 0.3 is 0 Å². The summed E-state index contributed by atoms with van der Waals surface area (Å²) in [7, 11) is 0. The second-order valence-electron chi connectivity index (χ2n) is 4.74. The average molecular weight is 353 g/mol. The number of halogens is 2. The molecule has 110 valence electrons. The van der Waals surface area contributed by atoms with Gasteiger partial charge in [-0.3, -0.25) is 10.1 Å². The minimum absolute atomic E-state index is 0.0449. The molecule has 0 bridgehead atoms. The van der Waals surface area contributed by atoms with Crippen molar-refractivity contribution in [3.8, 4) is 0 Å². The van der Waals surface area contributed by atoms with Crippen molar-refractivity contribution in [3.05, 3.63) is 67.9 Å². The van der Waals surface area contributed by atoms with E-state index in [-0.39, 0.29) is 17.5 Å². The molecule has 0 aliphatic carbocycles. The third-order valence-corrected chi connectivity index (χ3v) is 3.80. The van der Waals surface area contributed by atoms with Crippen LogP contribution in [0.4, 0.5) is 15.8 Å². The summed E-state index contributed by atoms with van der Waals surface area (Å²) >= 11 is 3.21. The maximum atomic E-state index is 13.9. The number of nitrogens with one attached hydrogen (secondary N) is 1. The van der Waals surface area contributed by atoms with Crippen molar-refractivity contribution < 1.29 is 9.31 Å². The van der Waals surface area contributed by atoms with Crippen LogP contribution in [0.15, 0.2) is 40.9 Å². The fourth-order valence-electron chi connectivity index (χ4n) is 2.14. The third-order valence-electron chi connectivity index (χ3n) is 3.30. The lowest BCUT2D eigenvalue weighted by Gasteiger charge is -2.18. The first-order valence-electron chi connectivity index (χ1n) is 6.35. The van der Waals surface area contributed by atoms with Crippen LogP contribution in [0, 0.1) is 22.9 Å². The molecule has 1 N–H and O–H groups in total. The Labute approximate surface area is 130 Å². The highest BCUT2D eigenvalue weighted by Crippen LogP contribution is 2.29. The van der Waals surface area contributed by atoms with Crippen LogP contribution in [-0.4, -0.2) is 4.92 Å². The number of hydrogen-bond donors (Lipinski definition) is 1. The van der Waals surface area contributed by atoms with E-state index in [1.165, 1.54) is 12.1 Å². The van der Waals surface area contributed by atoms with Crippen LogP contribution in [-0.2, 0) is 0 Å². The van der Waals surface area contributed by atoms with Crippen LogP contribution in [0.5, 0.6) is 0 Å². The molecule has 4 nitrogen and oxygen atoms in total. The van der Waals surface area contributed by atoms with Crippen molar-refractivity contribution in [2.75, 3.05) is 5.32 Å². The zero-order chi connectivity index (χ0) is 15.6. The molecule has 21 heavy (non-hydrogen) atoms. The summed E-state index contributed by atoms with van der Waals surface area (Å²) in [4.78, 5) is 10.5. The summed E-state index contributed by atoms with van der Waals surface area (Å²) in [5, 5.41) is 14.1. The Morgan fingerprint density at radius 1 is 1.33 bits per heavy atom. The molecule has 0 spiro atoms. The number of nitrogens with zero attached hydrogens (tertiary/aromatic N) is 1. The molecule has 0 saturated carbocycles. The van der Waals surface area contributed by atoms with Gasteiger partial charge in [0.05, 0.1) is 11.0 Å². The van der Waals surface area contributed by atoms with Gasteiger partial charge in [0.2, 0.25) is 0 Å². The summed E-state index contributed by atoms with van der Waals surface area (Å²) in [6.07, 6.45) is 0. The van der Waals surface area contributed by atoms with Crippen molar-refractivity contribution in [2.45, 2.75) is 19.9 Å². The van der Waals surface area contributed by atoms with Gasteiger partial charge in [-0.2, -0.15) is 0 Å². The van der Waals surface area contributed by atoms with E-state index in [2.05, 4.69) is 21.2 Å². The van der Waals surface area contributed by atoms with Gasteiger partial charge in [0.1, 0.15) is 5.82 Å². The minimum Gasteiger partial charge on any atom is -0.378 e. The summed E-state index contributed by atoms with van der Waals surface area (Å²) in [5.41, 5.74) is 1.71. The molecule has 1 unspecified atom stereocenters. The minimum atomic E-state index is -0.425. The number of nitro benzene ring substituents is 1. The van der Waals surface area contributed by atoms with Crippen LogP contribution < -0.4 is 5.32 Å². The molecule has 0 aromatic heterocycles. The normalized spacial score (nSPS) is 12.0. The highest BCUT2D eigenvalue weighted by atomic mass is 79.9. The van der Waals surface area contributed by atoms with E-state index in [1.54, 1.807) is 31.2 Å². The Bertz CT molecular complexity index is 691. The van der Waals surface area contributed by atoms with Gasteiger partial charge in [0, 0.05) is 27.4 Å².